The van der Waals surface area contributed by atoms with Gasteiger partial charge in [0.25, 0.3) is 0 Å². The third-order valence-electron chi connectivity index (χ3n) is 2.22. The second-order valence-electron chi connectivity index (χ2n) is 3.79. The molecule has 0 saturated heterocycles. The lowest BCUT2D eigenvalue weighted by molar-refractivity contribution is -0.143. The van der Waals surface area contributed by atoms with Crippen LogP contribution in [-0.2, 0) is 4.79 Å². The smallest absolute Gasteiger partial charge is 0.401 e. The van der Waals surface area contributed by atoms with Crippen LogP contribution >= 0.6 is 0 Å². The van der Waals surface area contributed by atoms with Crippen molar-refractivity contribution in [1.29, 1.82) is 0 Å². The Labute approximate surface area is 100 Å². The number of hydrogen-bond donors (Lipinski definition) is 2. The first-order valence-corrected chi connectivity index (χ1v) is 4.99. The van der Waals surface area contributed by atoms with Gasteiger partial charge in [-0.15, -0.1) is 0 Å². The molecule has 0 bridgehead atoms. The highest BCUT2D eigenvalue weighted by molar-refractivity contribution is 5.75. The molecule has 1 aromatic rings. The summed E-state index contributed by atoms with van der Waals surface area (Å²) in [4.78, 5) is 10.9. The zero-order valence-electron chi connectivity index (χ0n) is 9.38. The number of carboxylic acid groups (broad SMARTS) is 1. The maximum absolute atomic E-state index is 13.4. The molecule has 0 amide bonds. The molecule has 0 aliphatic carbocycles. The van der Waals surface area contributed by atoms with Crippen molar-refractivity contribution in [3.8, 4) is 0 Å². The molecule has 0 aliphatic heterocycles. The van der Waals surface area contributed by atoms with E-state index in [0.717, 1.165) is 6.07 Å². The lowest BCUT2D eigenvalue weighted by Gasteiger charge is -2.17. The summed E-state index contributed by atoms with van der Waals surface area (Å²) in [5.41, 5.74) is 0.248. The number of halogens is 4. The number of aliphatic carboxylic acids is 1. The van der Waals surface area contributed by atoms with Crippen LogP contribution in [0.15, 0.2) is 18.2 Å². The van der Waals surface area contributed by atoms with Crippen LogP contribution in [0.3, 0.4) is 0 Å². The van der Waals surface area contributed by atoms with Crippen LogP contribution in [0, 0.1) is 12.7 Å². The molecule has 0 fully saturated rings. The van der Waals surface area contributed by atoms with Crippen molar-refractivity contribution >= 4 is 5.97 Å². The summed E-state index contributed by atoms with van der Waals surface area (Å²) in [5.74, 6) is -2.42. The van der Waals surface area contributed by atoms with Crippen LogP contribution in [0.4, 0.5) is 17.6 Å². The Morgan fingerprint density at radius 2 is 2.06 bits per heavy atom. The van der Waals surface area contributed by atoms with Crippen LogP contribution < -0.4 is 5.32 Å². The molecule has 1 unspecified atom stereocenters. The summed E-state index contributed by atoms with van der Waals surface area (Å²) < 4.78 is 49.5. The zero-order valence-corrected chi connectivity index (χ0v) is 9.38. The molecule has 1 rings (SSSR count). The topological polar surface area (TPSA) is 49.3 Å². The number of benzene rings is 1. The van der Waals surface area contributed by atoms with Gasteiger partial charge in [0, 0.05) is 5.56 Å². The summed E-state index contributed by atoms with van der Waals surface area (Å²) in [6, 6.07) is 1.90. The summed E-state index contributed by atoms with van der Waals surface area (Å²) in [5, 5.41) is 10.6. The van der Waals surface area contributed by atoms with Crippen LogP contribution in [0.5, 0.6) is 0 Å². The van der Waals surface area contributed by atoms with E-state index in [1.165, 1.54) is 12.1 Å². The van der Waals surface area contributed by atoms with Crippen molar-refractivity contribution in [2.75, 3.05) is 6.54 Å². The highest BCUT2D eigenvalue weighted by Gasteiger charge is 2.31. The lowest BCUT2D eigenvalue weighted by atomic mass is 10.0. The quantitative estimate of drug-likeness (QED) is 0.822. The van der Waals surface area contributed by atoms with E-state index in [9.17, 15) is 22.4 Å². The van der Waals surface area contributed by atoms with Gasteiger partial charge in [0.15, 0.2) is 0 Å². The van der Waals surface area contributed by atoms with Gasteiger partial charge in [-0.05, 0) is 13.0 Å². The molecule has 7 heteroatoms. The van der Waals surface area contributed by atoms with Crippen LogP contribution in [0.1, 0.15) is 17.2 Å². The molecule has 3 nitrogen and oxygen atoms in total. The highest BCUT2D eigenvalue weighted by atomic mass is 19.4. The SMILES string of the molecule is Cc1ccc(F)c(C(NCC(F)(F)F)C(=O)O)c1. The Morgan fingerprint density at radius 1 is 1.44 bits per heavy atom. The van der Waals surface area contributed by atoms with E-state index in [4.69, 9.17) is 5.11 Å². The fourth-order valence-corrected chi connectivity index (χ4v) is 1.43. The monoisotopic (exact) mass is 265 g/mol. The Bertz CT molecular complexity index is 445. The molecule has 0 aromatic heterocycles. The Morgan fingerprint density at radius 3 is 2.56 bits per heavy atom. The highest BCUT2D eigenvalue weighted by Crippen LogP contribution is 2.21. The van der Waals surface area contributed by atoms with E-state index in [2.05, 4.69) is 0 Å². The zero-order chi connectivity index (χ0) is 13.9. The summed E-state index contributed by atoms with van der Waals surface area (Å²) in [7, 11) is 0. The summed E-state index contributed by atoms with van der Waals surface area (Å²) in [6.45, 7) is 0.0863. The molecular weight excluding hydrogens is 254 g/mol. The minimum Gasteiger partial charge on any atom is -0.480 e. The first-order chi connectivity index (χ1) is 8.20. The second kappa shape index (κ2) is 5.34. The van der Waals surface area contributed by atoms with Crippen molar-refractivity contribution in [3.63, 3.8) is 0 Å². The van der Waals surface area contributed by atoms with Crippen LogP contribution in [0.25, 0.3) is 0 Å². The van der Waals surface area contributed by atoms with Crippen molar-refractivity contribution in [1.82, 2.24) is 5.32 Å². The Kier molecular flexibility index (Phi) is 4.28. The van der Waals surface area contributed by atoms with Gasteiger partial charge in [0.2, 0.25) is 0 Å². The van der Waals surface area contributed by atoms with Gasteiger partial charge in [-0.1, -0.05) is 17.7 Å². The van der Waals surface area contributed by atoms with Crippen molar-refractivity contribution in [3.05, 3.63) is 35.1 Å². The van der Waals surface area contributed by atoms with E-state index in [0.29, 0.717) is 5.56 Å². The van der Waals surface area contributed by atoms with Crippen molar-refractivity contribution < 1.29 is 27.5 Å². The van der Waals surface area contributed by atoms with Gasteiger partial charge in [0.05, 0.1) is 6.54 Å². The van der Waals surface area contributed by atoms with E-state index < -0.39 is 30.5 Å². The predicted octanol–water partition coefficient (Wildman–Crippen LogP) is 2.41. The van der Waals surface area contributed by atoms with E-state index in [-0.39, 0.29) is 5.56 Å². The first-order valence-electron chi connectivity index (χ1n) is 4.99. The second-order valence-corrected chi connectivity index (χ2v) is 3.79. The van der Waals surface area contributed by atoms with Crippen LogP contribution in [0.2, 0.25) is 0 Å². The fraction of sp³-hybridized carbons (Fsp3) is 0.364. The standard InChI is InChI=1S/C11H11F4NO2/c1-6-2-3-8(12)7(4-6)9(10(17)18)16-5-11(13,14)15/h2-4,9,16H,5H2,1H3,(H,17,18). The molecule has 2 N–H and O–H groups in total. The number of carboxylic acids is 1. The summed E-state index contributed by atoms with van der Waals surface area (Å²) >= 11 is 0. The predicted molar refractivity (Wildman–Crippen MR) is 55.6 cm³/mol. The van der Waals surface area contributed by atoms with Gasteiger partial charge in [0.1, 0.15) is 11.9 Å². The van der Waals surface area contributed by atoms with Gasteiger partial charge in [-0.2, -0.15) is 13.2 Å². The summed E-state index contributed by atoms with van der Waals surface area (Å²) in [6.07, 6.45) is -4.56. The molecular formula is C11H11F4NO2. The first kappa shape index (κ1) is 14.4. The normalized spacial score (nSPS) is 13.4. The third-order valence-corrected chi connectivity index (χ3v) is 2.22. The van der Waals surface area contributed by atoms with Gasteiger partial charge in [-0.3, -0.25) is 10.1 Å². The van der Waals surface area contributed by atoms with Crippen molar-refractivity contribution in [2.24, 2.45) is 0 Å². The largest absolute Gasteiger partial charge is 0.480 e. The van der Waals surface area contributed by atoms with E-state index in [1.807, 2.05) is 0 Å². The van der Waals surface area contributed by atoms with Gasteiger partial charge in [-0.25, -0.2) is 4.39 Å². The molecule has 18 heavy (non-hydrogen) atoms. The number of rotatable bonds is 4. The molecule has 0 saturated carbocycles. The van der Waals surface area contributed by atoms with Crippen molar-refractivity contribution in [2.45, 2.75) is 19.1 Å². The minimum atomic E-state index is -4.56. The Balaban J connectivity index is 2.98. The third kappa shape index (κ3) is 3.99. The molecule has 0 radical (unpaired) electrons. The average molecular weight is 265 g/mol. The number of alkyl halides is 3. The fourth-order valence-electron chi connectivity index (χ4n) is 1.43. The lowest BCUT2D eigenvalue weighted by Crippen LogP contribution is -2.36. The van der Waals surface area contributed by atoms with E-state index in [1.54, 1.807) is 12.2 Å². The van der Waals surface area contributed by atoms with Crippen LogP contribution in [-0.4, -0.2) is 23.8 Å². The van der Waals surface area contributed by atoms with Gasteiger partial charge < -0.3 is 5.11 Å². The molecule has 1 aromatic carbocycles. The van der Waals surface area contributed by atoms with E-state index >= 15 is 0 Å². The molecule has 0 heterocycles. The van der Waals surface area contributed by atoms with Gasteiger partial charge >= 0.3 is 12.1 Å². The number of aryl methyl sites for hydroxylation is 1. The number of hydrogen-bond acceptors (Lipinski definition) is 2. The molecule has 0 aliphatic rings. The average Bonchev–Trinajstić information content (AvgIpc) is 2.21. The maximum atomic E-state index is 13.4. The molecule has 100 valence electrons. The minimum absolute atomic E-state index is 0.313. The molecule has 1 atom stereocenters. The molecule has 0 spiro atoms. The Hall–Kier alpha value is -1.63. The number of carbonyl (C=O) groups is 1. The maximum Gasteiger partial charge on any atom is 0.401 e. The number of nitrogens with one attached hydrogen (secondary N) is 1.